The molecule has 15 heavy (non-hydrogen) atoms. The Balaban J connectivity index is 2.44. The molecule has 0 fully saturated rings. The molecule has 0 aliphatic carbocycles. The van der Waals surface area contributed by atoms with Gasteiger partial charge in [-0.25, -0.2) is 0 Å². The van der Waals surface area contributed by atoms with Crippen molar-refractivity contribution in [3.05, 3.63) is 34.3 Å². The van der Waals surface area contributed by atoms with E-state index in [9.17, 15) is 0 Å². The van der Waals surface area contributed by atoms with Crippen LogP contribution in [0.5, 0.6) is 0 Å². The fourth-order valence-corrected chi connectivity index (χ4v) is 2.07. The summed E-state index contributed by atoms with van der Waals surface area (Å²) >= 11 is 3.55. The first-order chi connectivity index (χ1) is 7.25. The smallest absolute Gasteiger partial charge is 0.0302 e. The van der Waals surface area contributed by atoms with Crippen LogP contribution in [0.1, 0.15) is 31.4 Å². The van der Waals surface area contributed by atoms with Gasteiger partial charge < -0.3 is 5.32 Å². The summed E-state index contributed by atoms with van der Waals surface area (Å²) in [4.78, 5) is 0. The highest BCUT2D eigenvalue weighted by atomic mass is 79.9. The molecule has 0 aliphatic heterocycles. The van der Waals surface area contributed by atoms with E-state index in [4.69, 9.17) is 6.42 Å². The molecule has 0 bridgehead atoms. The normalized spacial score (nSPS) is 12.1. The van der Waals surface area contributed by atoms with Gasteiger partial charge in [0.1, 0.15) is 0 Å². The summed E-state index contributed by atoms with van der Waals surface area (Å²) in [6.07, 6.45) is 7.07. The minimum absolute atomic E-state index is 0.360. The lowest BCUT2D eigenvalue weighted by atomic mass is 10.1. The third-order valence-corrected chi connectivity index (χ3v) is 3.04. The molecule has 0 amide bonds. The van der Waals surface area contributed by atoms with Crippen molar-refractivity contribution < 1.29 is 0 Å². The fourth-order valence-electron chi connectivity index (χ4n) is 1.45. The average Bonchev–Trinajstić information content (AvgIpc) is 2.25. The second-order valence-corrected chi connectivity index (χ2v) is 4.36. The Morgan fingerprint density at radius 1 is 1.47 bits per heavy atom. The molecular formula is C13H16BrN. The zero-order valence-corrected chi connectivity index (χ0v) is 10.5. The molecule has 1 N–H and O–H groups in total. The standard InChI is InChI=1S/C13H16BrN/c1-3-4-7-10-15-11(2)12-8-5-6-9-13(12)14/h1,5-6,8-9,11,15H,4,7,10H2,2H3. The van der Waals surface area contributed by atoms with Crippen LogP contribution in [-0.4, -0.2) is 6.54 Å². The maximum atomic E-state index is 5.20. The molecule has 0 radical (unpaired) electrons. The summed E-state index contributed by atoms with van der Waals surface area (Å²) < 4.78 is 1.15. The first-order valence-electron chi connectivity index (χ1n) is 5.17. The monoisotopic (exact) mass is 265 g/mol. The summed E-state index contributed by atoms with van der Waals surface area (Å²) in [5.41, 5.74) is 1.29. The van der Waals surface area contributed by atoms with E-state index in [0.29, 0.717) is 6.04 Å². The van der Waals surface area contributed by atoms with Crippen LogP contribution in [0.2, 0.25) is 0 Å². The van der Waals surface area contributed by atoms with E-state index in [-0.39, 0.29) is 0 Å². The molecule has 0 heterocycles. The van der Waals surface area contributed by atoms with E-state index in [1.807, 2.05) is 6.07 Å². The van der Waals surface area contributed by atoms with Crippen LogP contribution in [0.3, 0.4) is 0 Å². The van der Waals surface area contributed by atoms with Gasteiger partial charge in [-0.3, -0.25) is 0 Å². The fraction of sp³-hybridized carbons (Fsp3) is 0.385. The third-order valence-electron chi connectivity index (χ3n) is 2.32. The summed E-state index contributed by atoms with van der Waals surface area (Å²) in [6.45, 7) is 3.13. The van der Waals surface area contributed by atoms with Gasteiger partial charge in [0.25, 0.3) is 0 Å². The minimum Gasteiger partial charge on any atom is -0.310 e. The van der Waals surface area contributed by atoms with Crippen molar-refractivity contribution >= 4 is 15.9 Å². The van der Waals surface area contributed by atoms with Gasteiger partial charge in [-0.2, -0.15) is 0 Å². The van der Waals surface area contributed by atoms with Gasteiger partial charge in [0.15, 0.2) is 0 Å². The second kappa shape index (κ2) is 6.66. The van der Waals surface area contributed by atoms with Crippen LogP contribution < -0.4 is 5.32 Å². The van der Waals surface area contributed by atoms with E-state index < -0.39 is 0 Å². The number of rotatable bonds is 5. The van der Waals surface area contributed by atoms with Gasteiger partial charge in [-0.15, -0.1) is 12.3 Å². The van der Waals surface area contributed by atoms with E-state index in [1.165, 1.54) is 5.56 Å². The SMILES string of the molecule is C#CCCCNC(C)c1ccccc1Br. The molecule has 0 spiro atoms. The van der Waals surface area contributed by atoms with Crippen LogP contribution in [0.25, 0.3) is 0 Å². The van der Waals surface area contributed by atoms with Crippen molar-refractivity contribution in [3.63, 3.8) is 0 Å². The molecule has 1 aromatic carbocycles. The van der Waals surface area contributed by atoms with Gasteiger partial charge in [0, 0.05) is 16.9 Å². The van der Waals surface area contributed by atoms with Crippen LogP contribution in [0.4, 0.5) is 0 Å². The number of terminal acetylenes is 1. The van der Waals surface area contributed by atoms with Crippen molar-refractivity contribution in [1.82, 2.24) is 5.32 Å². The zero-order chi connectivity index (χ0) is 11.1. The van der Waals surface area contributed by atoms with Gasteiger partial charge in [-0.05, 0) is 31.5 Å². The first-order valence-corrected chi connectivity index (χ1v) is 5.96. The second-order valence-electron chi connectivity index (χ2n) is 3.51. The predicted molar refractivity (Wildman–Crippen MR) is 68.6 cm³/mol. The highest BCUT2D eigenvalue weighted by Gasteiger charge is 2.06. The maximum Gasteiger partial charge on any atom is 0.0302 e. The first kappa shape index (κ1) is 12.3. The molecule has 2 heteroatoms. The molecule has 0 saturated heterocycles. The number of unbranched alkanes of at least 4 members (excludes halogenated alkanes) is 1. The Morgan fingerprint density at radius 2 is 2.20 bits per heavy atom. The Bertz CT molecular complexity index is 341. The van der Waals surface area contributed by atoms with E-state index in [2.05, 4.69) is 52.3 Å². The average molecular weight is 266 g/mol. The zero-order valence-electron chi connectivity index (χ0n) is 8.96. The maximum absolute atomic E-state index is 5.20. The Kier molecular flexibility index (Phi) is 5.45. The lowest BCUT2D eigenvalue weighted by molar-refractivity contribution is 0.561. The summed E-state index contributed by atoms with van der Waals surface area (Å²) in [6, 6.07) is 8.63. The van der Waals surface area contributed by atoms with E-state index >= 15 is 0 Å². The van der Waals surface area contributed by atoms with Crippen molar-refractivity contribution in [3.8, 4) is 12.3 Å². The molecule has 80 valence electrons. The molecule has 0 saturated carbocycles. The van der Waals surface area contributed by atoms with Crippen LogP contribution in [0, 0.1) is 12.3 Å². The number of halogens is 1. The third kappa shape index (κ3) is 4.07. The molecule has 1 unspecified atom stereocenters. The number of nitrogens with one attached hydrogen (secondary N) is 1. The van der Waals surface area contributed by atoms with Crippen molar-refractivity contribution in [2.24, 2.45) is 0 Å². The topological polar surface area (TPSA) is 12.0 Å². The molecule has 0 aromatic heterocycles. The number of hydrogen-bond donors (Lipinski definition) is 1. The molecule has 1 atom stereocenters. The van der Waals surface area contributed by atoms with Gasteiger partial charge in [-0.1, -0.05) is 34.1 Å². The largest absolute Gasteiger partial charge is 0.310 e. The highest BCUT2D eigenvalue weighted by molar-refractivity contribution is 9.10. The number of hydrogen-bond acceptors (Lipinski definition) is 1. The number of benzene rings is 1. The quantitative estimate of drug-likeness (QED) is 0.635. The molecular weight excluding hydrogens is 250 g/mol. The van der Waals surface area contributed by atoms with Gasteiger partial charge in [0.05, 0.1) is 0 Å². The predicted octanol–water partition coefficient (Wildman–Crippen LogP) is 3.51. The summed E-state index contributed by atoms with van der Waals surface area (Å²) in [5, 5.41) is 3.45. The van der Waals surface area contributed by atoms with Gasteiger partial charge >= 0.3 is 0 Å². The van der Waals surface area contributed by atoms with Crippen LogP contribution in [-0.2, 0) is 0 Å². The van der Waals surface area contributed by atoms with Crippen molar-refractivity contribution in [2.45, 2.75) is 25.8 Å². The Labute approximate surface area is 100 Å². The van der Waals surface area contributed by atoms with Crippen LogP contribution in [0.15, 0.2) is 28.7 Å². The van der Waals surface area contributed by atoms with Crippen molar-refractivity contribution in [2.75, 3.05) is 6.54 Å². The Hall–Kier alpha value is -0.780. The van der Waals surface area contributed by atoms with E-state index in [1.54, 1.807) is 0 Å². The van der Waals surface area contributed by atoms with Gasteiger partial charge in [0.2, 0.25) is 0 Å². The summed E-state index contributed by atoms with van der Waals surface area (Å²) in [5.74, 6) is 2.64. The molecule has 1 rings (SSSR count). The Morgan fingerprint density at radius 3 is 2.87 bits per heavy atom. The summed E-state index contributed by atoms with van der Waals surface area (Å²) in [7, 11) is 0. The van der Waals surface area contributed by atoms with E-state index in [0.717, 1.165) is 23.9 Å². The van der Waals surface area contributed by atoms with Crippen LogP contribution >= 0.6 is 15.9 Å². The lowest BCUT2D eigenvalue weighted by Gasteiger charge is -2.15. The molecule has 1 nitrogen and oxygen atoms in total. The highest BCUT2D eigenvalue weighted by Crippen LogP contribution is 2.22. The molecule has 0 aliphatic rings. The van der Waals surface area contributed by atoms with Crippen molar-refractivity contribution in [1.29, 1.82) is 0 Å². The minimum atomic E-state index is 0.360. The lowest BCUT2D eigenvalue weighted by Crippen LogP contribution is -2.20. The molecule has 1 aromatic rings.